The highest BCUT2D eigenvalue weighted by Gasteiger charge is 2.43. The molecule has 3 aromatic rings. The lowest BCUT2D eigenvalue weighted by molar-refractivity contribution is -0.0962. The number of para-hydroxylation sites is 1. The number of rotatable bonds is 2. The summed E-state index contributed by atoms with van der Waals surface area (Å²) in [6.07, 6.45) is 7.92. The summed E-state index contributed by atoms with van der Waals surface area (Å²) >= 11 is 0. The molecule has 2 aliphatic rings. The molecule has 27 heavy (non-hydrogen) atoms. The Morgan fingerprint density at radius 2 is 2.04 bits per heavy atom. The number of H-pyrrole nitrogens is 1. The lowest BCUT2D eigenvalue weighted by Gasteiger charge is -2.43. The Morgan fingerprint density at radius 1 is 1.19 bits per heavy atom. The van der Waals surface area contributed by atoms with Gasteiger partial charge in [0.25, 0.3) is 5.91 Å². The van der Waals surface area contributed by atoms with E-state index in [2.05, 4.69) is 15.3 Å². The van der Waals surface area contributed by atoms with Crippen LogP contribution in [0.15, 0.2) is 48.9 Å². The Bertz CT molecular complexity index is 954. The number of amides is 1. The van der Waals surface area contributed by atoms with Gasteiger partial charge >= 0.3 is 0 Å². The molecule has 0 bridgehead atoms. The number of nitrogens with zero attached hydrogens (tertiary/aromatic N) is 4. The molecule has 1 saturated heterocycles. The summed E-state index contributed by atoms with van der Waals surface area (Å²) in [5.41, 5.74) is 3.48. The third-order valence-electron chi connectivity index (χ3n) is 5.67. The minimum atomic E-state index is -0.331. The van der Waals surface area contributed by atoms with Crippen molar-refractivity contribution in [1.82, 2.24) is 24.9 Å². The van der Waals surface area contributed by atoms with Crippen molar-refractivity contribution < 1.29 is 9.53 Å². The number of carbonyl (C=O) groups excluding carboxylic acids is 1. The van der Waals surface area contributed by atoms with Crippen LogP contribution < -0.4 is 0 Å². The molecule has 1 aromatic carbocycles. The third kappa shape index (κ3) is 2.66. The zero-order valence-electron chi connectivity index (χ0n) is 15.0. The molecule has 0 radical (unpaired) electrons. The fraction of sp³-hybridized carbons (Fsp3) is 0.350. The number of nitrogens with one attached hydrogen (secondary N) is 1. The first-order chi connectivity index (χ1) is 13.3. The molecule has 1 N–H and O–H groups in total. The van der Waals surface area contributed by atoms with E-state index in [9.17, 15) is 4.79 Å². The molecule has 0 aliphatic carbocycles. The molecule has 2 aliphatic heterocycles. The zero-order chi connectivity index (χ0) is 18.3. The summed E-state index contributed by atoms with van der Waals surface area (Å²) in [5.74, 6) is 0.0385. The first kappa shape index (κ1) is 16.3. The molecule has 1 fully saturated rings. The predicted octanol–water partition coefficient (Wildman–Crippen LogP) is 2.30. The van der Waals surface area contributed by atoms with Crippen LogP contribution in [0.2, 0.25) is 0 Å². The lowest BCUT2D eigenvalue weighted by Crippen LogP contribution is -2.48. The van der Waals surface area contributed by atoms with Gasteiger partial charge in [-0.25, -0.2) is 4.68 Å². The smallest absolute Gasteiger partial charge is 0.256 e. The SMILES string of the molecule is O=C(c1ccccc1-n1cccn1)N1CCC2(CC1)OCCc1cn[nH]c12. The van der Waals surface area contributed by atoms with E-state index in [1.807, 2.05) is 47.6 Å². The van der Waals surface area contributed by atoms with Crippen molar-refractivity contribution in [3.63, 3.8) is 0 Å². The summed E-state index contributed by atoms with van der Waals surface area (Å²) in [7, 11) is 0. The molecule has 1 amide bonds. The van der Waals surface area contributed by atoms with Crippen molar-refractivity contribution in [2.75, 3.05) is 19.7 Å². The average molecular weight is 363 g/mol. The molecule has 2 aromatic heterocycles. The van der Waals surface area contributed by atoms with Gasteiger partial charge in [-0.1, -0.05) is 12.1 Å². The Labute approximate surface area is 156 Å². The van der Waals surface area contributed by atoms with Crippen molar-refractivity contribution in [3.8, 4) is 5.69 Å². The minimum absolute atomic E-state index is 0.0385. The van der Waals surface area contributed by atoms with Crippen molar-refractivity contribution in [3.05, 3.63) is 65.7 Å². The average Bonchev–Trinajstić information content (AvgIpc) is 3.41. The number of carbonyl (C=O) groups is 1. The number of fused-ring (bicyclic) bond motifs is 2. The quantitative estimate of drug-likeness (QED) is 0.758. The number of aromatic amines is 1. The maximum absolute atomic E-state index is 13.2. The molecule has 138 valence electrons. The second kappa shape index (κ2) is 6.35. The van der Waals surface area contributed by atoms with E-state index in [0.29, 0.717) is 25.3 Å². The van der Waals surface area contributed by atoms with Crippen LogP contribution in [-0.2, 0) is 16.8 Å². The molecule has 0 saturated carbocycles. The molecule has 0 atom stereocenters. The molecule has 4 heterocycles. The van der Waals surface area contributed by atoms with Gasteiger partial charge in [0.1, 0.15) is 5.60 Å². The van der Waals surface area contributed by atoms with Crippen LogP contribution >= 0.6 is 0 Å². The number of hydrogen-bond donors (Lipinski definition) is 1. The summed E-state index contributed by atoms with van der Waals surface area (Å²) in [5, 5.41) is 11.6. The normalized spacial score (nSPS) is 18.4. The van der Waals surface area contributed by atoms with Crippen LogP contribution in [0.25, 0.3) is 5.69 Å². The maximum atomic E-state index is 13.2. The van der Waals surface area contributed by atoms with Gasteiger partial charge in [-0.2, -0.15) is 10.2 Å². The summed E-state index contributed by atoms with van der Waals surface area (Å²) in [6.45, 7) is 2.03. The maximum Gasteiger partial charge on any atom is 0.256 e. The van der Waals surface area contributed by atoms with E-state index in [1.54, 1.807) is 10.9 Å². The van der Waals surface area contributed by atoms with Gasteiger partial charge < -0.3 is 9.64 Å². The van der Waals surface area contributed by atoms with E-state index in [0.717, 1.165) is 30.6 Å². The summed E-state index contributed by atoms with van der Waals surface area (Å²) in [4.78, 5) is 15.1. The van der Waals surface area contributed by atoms with E-state index < -0.39 is 0 Å². The number of hydrogen-bond acceptors (Lipinski definition) is 4. The van der Waals surface area contributed by atoms with E-state index in [1.165, 1.54) is 5.56 Å². The first-order valence-corrected chi connectivity index (χ1v) is 9.32. The van der Waals surface area contributed by atoms with Crippen molar-refractivity contribution >= 4 is 5.91 Å². The second-order valence-corrected chi connectivity index (χ2v) is 7.12. The van der Waals surface area contributed by atoms with Crippen molar-refractivity contribution in [1.29, 1.82) is 0 Å². The minimum Gasteiger partial charge on any atom is -0.368 e. The Kier molecular flexibility index (Phi) is 3.82. The number of aromatic nitrogens is 4. The zero-order valence-corrected chi connectivity index (χ0v) is 15.0. The van der Waals surface area contributed by atoms with Gasteiger partial charge in [-0.15, -0.1) is 0 Å². The number of ether oxygens (including phenoxy) is 1. The van der Waals surface area contributed by atoms with Gasteiger partial charge in [0.2, 0.25) is 0 Å². The largest absolute Gasteiger partial charge is 0.368 e. The van der Waals surface area contributed by atoms with Crippen LogP contribution in [-0.4, -0.2) is 50.5 Å². The summed E-state index contributed by atoms with van der Waals surface area (Å²) in [6, 6.07) is 9.47. The topological polar surface area (TPSA) is 76.0 Å². The number of likely N-dealkylation sites (tertiary alicyclic amines) is 1. The molecule has 5 rings (SSSR count). The van der Waals surface area contributed by atoms with E-state index in [4.69, 9.17) is 4.74 Å². The van der Waals surface area contributed by atoms with Crippen LogP contribution in [0.1, 0.15) is 34.5 Å². The van der Waals surface area contributed by atoms with Crippen LogP contribution in [0.3, 0.4) is 0 Å². The Balaban J connectivity index is 1.38. The number of piperidine rings is 1. The molecular formula is C20H21N5O2. The molecule has 1 spiro atoms. The van der Waals surface area contributed by atoms with Crippen molar-refractivity contribution in [2.45, 2.75) is 24.9 Å². The highest BCUT2D eigenvalue weighted by atomic mass is 16.5. The van der Waals surface area contributed by atoms with Crippen molar-refractivity contribution in [2.24, 2.45) is 0 Å². The fourth-order valence-electron chi connectivity index (χ4n) is 4.22. The van der Waals surface area contributed by atoms with Gasteiger partial charge in [0.05, 0.1) is 29.7 Å². The van der Waals surface area contributed by atoms with Crippen LogP contribution in [0.5, 0.6) is 0 Å². The monoisotopic (exact) mass is 363 g/mol. The van der Waals surface area contributed by atoms with Gasteiger partial charge in [0.15, 0.2) is 0 Å². The summed E-state index contributed by atoms with van der Waals surface area (Å²) < 4.78 is 7.92. The molecule has 0 unspecified atom stereocenters. The molecular weight excluding hydrogens is 342 g/mol. The lowest BCUT2D eigenvalue weighted by atomic mass is 9.83. The van der Waals surface area contributed by atoms with Crippen LogP contribution in [0, 0.1) is 0 Å². The van der Waals surface area contributed by atoms with Crippen LogP contribution in [0.4, 0.5) is 0 Å². The fourth-order valence-corrected chi connectivity index (χ4v) is 4.22. The van der Waals surface area contributed by atoms with Gasteiger partial charge in [-0.3, -0.25) is 9.89 Å². The van der Waals surface area contributed by atoms with Gasteiger partial charge in [0, 0.05) is 25.5 Å². The molecule has 7 nitrogen and oxygen atoms in total. The first-order valence-electron chi connectivity index (χ1n) is 9.32. The highest BCUT2D eigenvalue weighted by molar-refractivity contribution is 5.97. The Hall–Kier alpha value is -2.93. The Morgan fingerprint density at radius 3 is 2.85 bits per heavy atom. The van der Waals surface area contributed by atoms with Gasteiger partial charge in [-0.05, 0) is 43.0 Å². The molecule has 7 heteroatoms. The standard InChI is InChI=1S/C20H21N5O2/c26-19(16-4-1-2-5-17(16)25-10-3-9-22-25)24-11-7-20(8-12-24)18-15(6-13-27-20)14-21-23-18/h1-5,9-10,14H,6-8,11-13H2,(H,21,23). The predicted molar refractivity (Wildman–Crippen MR) is 98.6 cm³/mol. The number of benzene rings is 1. The second-order valence-electron chi connectivity index (χ2n) is 7.12. The third-order valence-corrected chi connectivity index (χ3v) is 5.67. The van der Waals surface area contributed by atoms with E-state index in [-0.39, 0.29) is 11.5 Å². The van der Waals surface area contributed by atoms with E-state index >= 15 is 0 Å². The highest BCUT2D eigenvalue weighted by Crippen LogP contribution is 2.40.